The predicted molar refractivity (Wildman–Crippen MR) is 62.2 cm³/mol. The molecule has 88 valence electrons. The van der Waals surface area contributed by atoms with E-state index in [-0.39, 0.29) is 10.6 Å². The van der Waals surface area contributed by atoms with Gasteiger partial charge in [-0.2, -0.15) is 5.10 Å². The molecular weight excluding hydrogens is 220 g/mol. The second-order valence-corrected chi connectivity index (χ2v) is 3.60. The highest BCUT2D eigenvalue weighted by Gasteiger charge is 2.11. The van der Waals surface area contributed by atoms with Gasteiger partial charge in [0.15, 0.2) is 0 Å². The van der Waals surface area contributed by atoms with Gasteiger partial charge < -0.3 is 5.32 Å². The zero-order valence-corrected chi connectivity index (χ0v) is 9.09. The molecule has 0 atom stereocenters. The molecule has 0 saturated heterocycles. The summed E-state index contributed by atoms with van der Waals surface area (Å²) in [6.45, 7) is 1.09. The summed E-state index contributed by atoms with van der Waals surface area (Å²) in [6.07, 6.45) is 3.50. The second-order valence-electron chi connectivity index (χ2n) is 3.60. The van der Waals surface area contributed by atoms with Crippen molar-refractivity contribution in [2.45, 2.75) is 13.1 Å². The Hall–Kier alpha value is -2.21. The quantitative estimate of drug-likeness (QED) is 0.606. The fourth-order valence-corrected chi connectivity index (χ4v) is 1.55. The van der Waals surface area contributed by atoms with Crippen LogP contribution in [0.3, 0.4) is 0 Å². The smallest absolute Gasteiger partial charge is 0.273 e. The standard InChI is InChI=1S/C11H12N4O2/c16-15(17)11-4-2-1-3-10(11)8-12-5-9-6-13-14-7-9/h1-4,6-7,12H,5,8H2,(H,13,14). The van der Waals surface area contributed by atoms with E-state index in [2.05, 4.69) is 15.5 Å². The fourth-order valence-electron chi connectivity index (χ4n) is 1.55. The summed E-state index contributed by atoms with van der Waals surface area (Å²) in [7, 11) is 0. The third kappa shape index (κ3) is 2.88. The second kappa shape index (κ2) is 5.22. The van der Waals surface area contributed by atoms with Crippen LogP contribution in [-0.2, 0) is 13.1 Å². The van der Waals surface area contributed by atoms with Crippen LogP contribution in [0, 0.1) is 10.1 Å². The number of H-pyrrole nitrogens is 1. The van der Waals surface area contributed by atoms with Gasteiger partial charge in [-0.15, -0.1) is 0 Å². The first kappa shape index (κ1) is 11.3. The van der Waals surface area contributed by atoms with Gasteiger partial charge in [-0.25, -0.2) is 0 Å². The zero-order chi connectivity index (χ0) is 12.1. The molecule has 0 fully saturated rings. The number of nitro benzene ring substituents is 1. The number of rotatable bonds is 5. The van der Waals surface area contributed by atoms with E-state index in [1.165, 1.54) is 6.07 Å². The minimum atomic E-state index is -0.366. The van der Waals surface area contributed by atoms with Gasteiger partial charge in [-0.05, 0) is 0 Å². The Morgan fingerprint density at radius 1 is 1.35 bits per heavy atom. The molecule has 1 aromatic carbocycles. The Morgan fingerprint density at radius 3 is 2.88 bits per heavy atom. The Kier molecular flexibility index (Phi) is 3.46. The van der Waals surface area contributed by atoms with E-state index < -0.39 is 0 Å². The first-order valence-electron chi connectivity index (χ1n) is 5.18. The third-order valence-corrected chi connectivity index (χ3v) is 2.39. The molecule has 0 unspecified atom stereocenters. The molecule has 0 bridgehead atoms. The van der Waals surface area contributed by atoms with Crippen LogP contribution in [0.15, 0.2) is 36.7 Å². The van der Waals surface area contributed by atoms with Crippen molar-refractivity contribution in [1.29, 1.82) is 0 Å². The highest BCUT2D eigenvalue weighted by molar-refractivity contribution is 5.39. The van der Waals surface area contributed by atoms with Crippen molar-refractivity contribution in [2.75, 3.05) is 0 Å². The molecule has 2 aromatic rings. The van der Waals surface area contributed by atoms with E-state index >= 15 is 0 Å². The molecule has 6 nitrogen and oxygen atoms in total. The van der Waals surface area contributed by atoms with Crippen molar-refractivity contribution < 1.29 is 4.92 Å². The van der Waals surface area contributed by atoms with Crippen LogP contribution in [0.25, 0.3) is 0 Å². The van der Waals surface area contributed by atoms with Gasteiger partial charge in [0.2, 0.25) is 0 Å². The van der Waals surface area contributed by atoms with Crippen molar-refractivity contribution in [3.63, 3.8) is 0 Å². The molecule has 2 rings (SSSR count). The lowest BCUT2D eigenvalue weighted by Crippen LogP contribution is -2.13. The van der Waals surface area contributed by atoms with Crippen molar-refractivity contribution in [1.82, 2.24) is 15.5 Å². The van der Waals surface area contributed by atoms with Crippen LogP contribution in [0.4, 0.5) is 5.69 Å². The number of aromatic nitrogens is 2. The maximum absolute atomic E-state index is 10.8. The summed E-state index contributed by atoms with van der Waals surface area (Å²) >= 11 is 0. The van der Waals surface area contributed by atoms with Gasteiger partial charge in [0.25, 0.3) is 5.69 Å². The maximum Gasteiger partial charge on any atom is 0.273 e. The average Bonchev–Trinajstić information content (AvgIpc) is 2.82. The minimum absolute atomic E-state index is 0.146. The van der Waals surface area contributed by atoms with E-state index in [1.807, 2.05) is 0 Å². The lowest BCUT2D eigenvalue weighted by molar-refractivity contribution is -0.385. The molecule has 0 radical (unpaired) electrons. The van der Waals surface area contributed by atoms with E-state index in [4.69, 9.17) is 0 Å². The number of benzene rings is 1. The molecule has 6 heteroatoms. The van der Waals surface area contributed by atoms with Crippen molar-refractivity contribution in [3.8, 4) is 0 Å². The molecule has 0 amide bonds. The summed E-state index contributed by atoms with van der Waals surface area (Å²) in [4.78, 5) is 10.4. The van der Waals surface area contributed by atoms with Gasteiger partial charge in [0.1, 0.15) is 0 Å². The Morgan fingerprint density at radius 2 is 2.18 bits per heavy atom. The fraction of sp³-hybridized carbons (Fsp3) is 0.182. The average molecular weight is 232 g/mol. The van der Waals surface area contributed by atoms with Gasteiger partial charge in [-0.3, -0.25) is 15.2 Å². The number of hydrogen-bond donors (Lipinski definition) is 2. The Balaban J connectivity index is 1.97. The molecule has 0 aliphatic carbocycles. The Bertz CT molecular complexity index is 496. The number of nitro groups is 1. The van der Waals surface area contributed by atoms with E-state index in [9.17, 15) is 10.1 Å². The van der Waals surface area contributed by atoms with Gasteiger partial charge in [-0.1, -0.05) is 18.2 Å². The highest BCUT2D eigenvalue weighted by atomic mass is 16.6. The zero-order valence-electron chi connectivity index (χ0n) is 9.09. The van der Waals surface area contributed by atoms with Crippen molar-refractivity contribution in [2.24, 2.45) is 0 Å². The van der Waals surface area contributed by atoms with Gasteiger partial charge >= 0.3 is 0 Å². The van der Waals surface area contributed by atoms with E-state index in [1.54, 1.807) is 30.6 Å². The third-order valence-electron chi connectivity index (χ3n) is 2.39. The topological polar surface area (TPSA) is 83.8 Å². The molecule has 0 spiro atoms. The molecule has 0 saturated carbocycles. The van der Waals surface area contributed by atoms with Gasteiger partial charge in [0, 0.05) is 36.5 Å². The molecule has 17 heavy (non-hydrogen) atoms. The summed E-state index contributed by atoms with van der Waals surface area (Å²) in [5.41, 5.74) is 1.84. The van der Waals surface area contributed by atoms with Crippen LogP contribution in [0.2, 0.25) is 0 Å². The summed E-state index contributed by atoms with van der Waals surface area (Å²) in [5.74, 6) is 0. The first-order valence-corrected chi connectivity index (χ1v) is 5.18. The molecule has 1 heterocycles. The predicted octanol–water partition coefficient (Wildman–Crippen LogP) is 1.61. The molecule has 1 aromatic heterocycles. The van der Waals surface area contributed by atoms with Crippen LogP contribution < -0.4 is 5.32 Å². The van der Waals surface area contributed by atoms with Crippen LogP contribution in [0.1, 0.15) is 11.1 Å². The normalized spacial score (nSPS) is 10.4. The molecular formula is C11H12N4O2. The number of nitrogens with zero attached hydrogens (tertiary/aromatic N) is 2. The maximum atomic E-state index is 10.8. The number of nitrogens with one attached hydrogen (secondary N) is 2. The van der Waals surface area contributed by atoms with Crippen molar-refractivity contribution >= 4 is 5.69 Å². The lowest BCUT2D eigenvalue weighted by atomic mass is 10.2. The number of aromatic amines is 1. The van der Waals surface area contributed by atoms with Gasteiger partial charge in [0.05, 0.1) is 11.1 Å². The first-order chi connectivity index (χ1) is 8.27. The Labute approximate surface area is 97.8 Å². The minimum Gasteiger partial charge on any atom is -0.308 e. The number of hydrogen-bond acceptors (Lipinski definition) is 4. The van der Waals surface area contributed by atoms with Crippen LogP contribution >= 0.6 is 0 Å². The van der Waals surface area contributed by atoms with E-state index in [0.29, 0.717) is 18.7 Å². The number of para-hydroxylation sites is 1. The lowest BCUT2D eigenvalue weighted by Gasteiger charge is -2.04. The molecule has 0 aliphatic heterocycles. The van der Waals surface area contributed by atoms with E-state index in [0.717, 1.165) is 5.56 Å². The van der Waals surface area contributed by atoms with Crippen LogP contribution in [0.5, 0.6) is 0 Å². The summed E-state index contributed by atoms with van der Waals surface area (Å²) < 4.78 is 0. The summed E-state index contributed by atoms with van der Waals surface area (Å²) in [5, 5.41) is 20.4. The summed E-state index contributed by atoms with van der Waals surface area (Å²) in [6, 6.07) is 6.72. The van der Waals surface area contributed by atoms with Crippen molar-refractivity contribution in [3.05, 3.63) is 57.9 Å². The molecule has 0 aliphatic rings. The molecule has 2 N–H and O–H groups in total. The SMILES string of the molecule is O=[N+]([O-])c1ccccc1CNCc1cn[nH]c1. The van der Waals surface area contributed by atoms with Crippen LogP contribution in [-0.4, -0.2) is 15.1 Å². The monoisotopic (exact) mass is 232 g/mol. The largest absolute Gasteiger partial charge is 0.308 e. The highest BCUT2D eigenvalue weighted by Crippen LogP contribution is 2.17.